The molecule has 0 spiro atoms. The molecule has 0 aliphatic heterocycles. The van der Waals surface area contributed by atoms with Crippen LogP contribution >= 0.6 is 23.5 Å². The lowest BCUT2D eigenvalue weighted by atomic mass is 10.4. The molecule has 21 heavy (non-hydrogen) atoms. The van der Waals surface area contributed by atoms with E-state index in [-0.39, 0.29) is 0 Å². The van der Waals surface area contributed by atoms with Crippen LogP contribution in [0.2, 0.25) is 19.6 Å². The van der Waals surface area contributed by atoms with E-state index in [1.807, 2.05) is 11.8 Å². The lowest BCUT2D eigenvalue weighted by molar-refractivity contribution is 1.40. The van der Waals surface area contributed by atoms with Crippen molar-refractivity contribution in [2.75, 3.05) is 0 Å². The normalized spacial score (nSPS) is 13.5. The second kappa shape index (κ2) is 7.92. The Morgan fingerprint density at radius 1 is 0.810 bits per heavy atom. The predicted octanol–water partition coefficient (Wildman–Crippen LogP) is 6.33. The quantitative estimate of drug-likeness (QED) is 0.448. The zero-order valence-electron chi connectivity index (χ0n) is 12.8. The van der Waals surface area contributed by atoms with Crippen molar-refractivity contribution < 1.29 is 0 Å². The highest BCUT2D eigenvalue weighted by atomic mass is 32.2. The van der Waals surface area contributed by atoms with Gasteiger partial charge in [-0.05, 0) is 29.7 Å². The summed E-state index contributed by atoms with van der Waals surface area (Å²) in [6.45, 7) is 7.31. The lowest BCUT2D eigenvalue weighted by Gasteiger charge is -2.25. The minimum absolute atomic E-state index is 0.594. The minimum Gasteiger partial charge on any atom is -0.122 e. The van der Waals surface area contributed by atoms with Crippen molar-refractivity contribution in [3.05, 3.63) is 72.1 Å². The molecule has 3 heteroatoms. The van der Waals surface area contributed by atoms with Crippen molar-refractivity contribution in [3.63, 3.8) is 0 Å². The van der Waals surface area contributed by atoms with Crippen LogP contribution in [0.15, 0.2) is 81.9 Å². The van der Waals surface area contributed by atoms with Crippen molar-refractivity contribution >= 4 is 31.6 Å². The maximum Gasteiger partial charge on any atom is 0.0640 e. The van der Waals surface area contributed by atoms with Crippen molar-refractivity contribution in [2.24, 2.45) is 0 Å². The molecule has 2 rings (SSSR count). The van der Waals surface area contributed by atoms with Crippen LogP contribution in [-0.2, 0) is 0 Å². The van der Waals surface area contributed by atoms with Crippen molar-refractivity contribution in [1.29, 1.82) is 0 Å². The summed E-state index contributed by atoms with van der Waals surface area (Å²) < 4.78 is 0. The molecular formula is C18H22S2Si. The lowest BCUT2D eigenvalue weighted by Crippen LogP contribution is -2.34. The molecule has 0 fully saturated rings. The average Bonchev–Trinajstić information content (AvgIpc) is 2.47. The van der Waals surface area contributed by atoms with E-state index in [9.17, 15) is 0 Å². The molecule has 2 aromatic rings. The van der Waals surface area contributed by atoms with Gasteiger partial charge in [0.15, 0.2) is 0 Å². The zero-order chi connectivity index (χ0) is 15.1. The van der Waals surface area contributed by atoms with Crippen LogP contribution in [0.25, 0.3) is 0 Å². The molecule has 2 aromatic carbocycles. The third kappa shape index (κ3) is 5.77. The first-order chi connectivity index (χ1) is 10.1. The molecule has 1 atom stereocenters. The summed E-state index contributed by atoms with van der Waals surface area (Å²) in [4.78, 5) is 3.25. The minimum atomic E-state index is -1.24. The molecule has 110 valence electrons. The van der Waals surface area contributed by atoms with Crippen LogP contribution in [0.3, 0.4) is 0 Å². The Balaban J connectivity index is 2.03. The second-order valence-electron chi connectivity index (χ2n) is 5.98. The van der Waals surface area contributed by atoms with Crippen LogP contribution in [0, 0.1) is 0 Å². The Morgan fingerprint density at radius 2 is 1.33 bits per heavy atom. The smallest absolute Gasteiger partial charge is 0.0640 e. The average molecular weight is 331 g/mol. The Morgan fingerprint density at radius 3 is 1.86 bits per heavy atom. The molecule has 0 aliphatic rings. The third-order valence-electron chi connectivity index (χ3n) is 3.06. The number of hydrogen-bond acceptors (Lipinski definition) is 2. The fourth-order valence-corrected chi connectivity index (χ4v) is 6.05. The first kappa shape index (κ1) is 16.5. The molecule has 1 unspecified atom stereocenters. The Bertz CT molecular complexity index is 559. The number of hydrogen-bond donors (Lipinski definition) is 0. The summed E-state index contributed by atoms with van der Waals surface area (Å²) in [7, 11) is -1.24. The number of benzene rings is 2. The van der Waals surface area contributed by atoms with Gasteiger partial charge in [-0.25, -0.2) is 0 Å². The number of thioether (sulfide) groups is 2. The van der Waals surface area contributed by atoms with E-state index in [0.717, 1.165) is 0 Å². The fourth-order valence-electron chi connectivity index (χ4n) is 1.84. The summed E-state index contributed by atoms with van der Waals surface area (Å²) in [5.41, 5.74) is 0. The number of rotatable bonds is 6. The molecule has 0 aliphatic carbocycles. The molecular weight excluding hydrogens is 308 g/mol. The van der Waals surface area contributed by atoms with Gasteiger partial charge in [0.1, 0.15) is 0 Å². The summed E-state index contributed by atoms with van der Waals surface area (Å²) in [6, 6.07) is 21.3. The first-order valence-corrected chi connectivity index (χ1v) is 12.5. The highest BCUT2D eigenvalue weighted by Crippen LogP contribution is 2.31. The molecule has 0 saturated carbocycles. The van der Waals surface area contributed by atoms with Gasteiger partial charge < -0.3 is 0 Å². The monoisotopic (exact) mass is 330 g/mol. The van der Waals surface area contributed by atoms with E-state index in [0.29, 0.717) is 4.87 Å². The second-order valence-corrected chi connectivity index (χ2v) is 13.9. The topological polar surface area (TPSA) is 0 Å². The standard InChI is InChI=1S/C18H22S2Si/c1-21(2,3)18(20-17-12-8-5-9-13-17)14-15-19-16-10-6-4-7-11-16/h4-15,18H,1-3H3. The van der Waals surface area contributed by atoms with E-state index < -0.39 is 8.07 Å². The van der Waals surface area contributed by atoms with Crippen LogP contribution in [-0.4, -0.2) is 12.9 Å². The Hall–Kier alpha value is -0.903. The van der Waals surface area contributed by atoms with Crippen LogP contribution in [0.5, 0.6) is 0 Å². The van der Waals surface area contributed by atoms with E-state index in [4.69, 9.17) is 0 Å². The van der Waals surface area contributed by atoms with Crippen molar-refractivity contribution in [2.45, 2.75) is 34.3 Å². The van der Waals surface area contributed by atoms with E-state index >= 15 is 0 Å². The van der Waals surface area contributed by atoms with E-state index in [2.05, 4.69) is 91.8 Å². The fraction of sp³-hybridized carbons (Fsp3) is 0.222. The highest BCUT2D eigenvalue weighted by Gasteiger charge is 2.25. The zero-order valence-corrected chi connectivity index (χ0v) is 15.5. The molecule has 0 bridgehead atoms. The largest absolute Gasteiger partial charge is 0.122 e. The van der Waals surface area contributed by atoms with Gasteiger partial charge >= 0.3 is 0 Å². The first-order valence-electron chi connectivity index (χ1n) is 7.16. The molecule has 0 radical (unpaired) electrons. The van der Waals surface area contributed by atoms with Gasteiger partial charge in [0.2, 0.25) is 0 Å². The predicted molar refractivity (Wildman–Crippen MR) is 101 cm³/mol. The molecule has 0 aromatic heterocycles. The van der Waals surface area contributed by atoms with E-state index in [1.165, 1.54) is 9.79 Å². The Labute approximate surface area is 138 Å². The SMILES string of the molecule is C[Si](C)(C)C(C=CSc1ccccc1)Sc1ccccc1. The van der Waals surface area contributed by atoms with Gasteiger partial charge in [0.05, 0.1) is 8.07 Å². The summed E-state index contributed by atoms with van der Waals surface area (Å²) in [5.74, 6) is 0. The van der Waals surface area contributed by atoms with Crippen LogP contribution in [0.1, 0.15) is 0 Å². The molecule has 0 heterocycles. The van der Waals surface area contributed by atoms with Crippen molar-refractivity contribution in [1.82, 2.24) is 0 Å². The third-order valence-corrected chi connectivity index (χ3v) is 9.23. The van der Waals surface area contributed by atoms with Gasteiger partial charge in [0, 0.05) is 14.7 Å². The van der Waals surface area contributed by atoms with Gasteiger partial charge in [-0.2, -0.15) is 0 Å². The van der Waals surface area contributed by atoms with Crippen LogP contribution < -0.4 is 0 Å². The summed E-state index contributed by atoms with van der Waals surface area (Å²) in [6.07, 6.45) is 2.39. The Kier molecular flexibility index (Phi) is 6.21. The van der Waals surface area contributed by atoms with Gasteiger partial charge in [-0.3, -0.25) is 0 Å². The highest BCUT2D eigenvalue weighted by molar-refractivity contribution is 8.03. The van der Waals surface area contributed by atoms with Gasteiger partial charge in [-0.1, -0.05) is 73.9 Å². The maximum atomic E-state index is 2.44. The molecule has 0 N–H and O–H groups in total. The van der Waals surface area contributed by atoms with Crippen molar-refractivity contribution in [3.8, 4) is 0 Å². The van der Waals surface area contributed by atoms with E-state index in [1.54, 1.807) is 11.8 Å². The molecule has 0 saturated heterocycles. The van der Waals surface area contributed by atoms with Gasteiger partial charge in [-0.15, -0.1) is 11.8 Å². The van der Waals surface area contributed by atoms with Gasteiger partial charge in [0.25, 0.3) is 0 Å². The molecule has 0 amide bonds. The van der Waals surface area contributed by atoms with Crippen LogP contribution in [0.4, 0.5) is 0 Å². The summed E-state index contributed by atoms with van der Waals surface area (Å²) >= 11 is 3.80. The maximum absolute atomic E-state index is 2.44. The molecule has 0 nitrogen and oxygen atoms in total. The summed E-state index contributed by atoms with van der Waals surface area (Å²) in [5, 5.41) is 2.26.